The van der Waals surface area contributed by atoms with Crippen molar-refractivity contribution in [3.8, 4) is 5.75 Å². The Kier molecular flexibility index (Phi) is 5.16. The van der Waals surface area contributed by atoms with Crippen molar-refractivity contribution >= 4 is 11.7 Å². The van der Waals surface area contributed by atoms with Crippen LogP contribution in [0.3, 0.4) is 0 Å². The van der Waals surface area contributed by atoms with E-state index in [0.29, 0.717) is 12.3 Å². The number of benzene rings is 1. The third kappa shape index (κ3) is 3.73. The molecule has 25 heavy (non-hydrogen) atoms. The number of pyridine rings is 1. The van der Waals surface area contributed by atoms with Gasteiger partial charge in [-0.25, -0.2) is 9.37 Å². The lowest BCUT2D eigenvalue weighted by atomic mass is 10.0. The average molecular weight is 343 g/mol. The van der Waals surface area contributed by atoms with E-state index in [1.807, 2.05) is 18.2 Å². The van der Waals surface area contributed by atoms with E-state index in [0.717, 1.165) is 25.2 Å². The van der Waals surface area contributed by atoms with Crippen molar-refractivity contribution in [3.63, 3.8) is 0 Å². The fourth-order valence-corrected chi connectivity index (χ4v) is 3.22. The van der Waals surface area contributed by atoms with Crippen LogP contribution in [0.4, 0.5) is 10.2 Å². The van der Waals surface area contributed by atoms with Gasteiger partial charge in [0.2, 0.25) is 0 Å². The number of rotatable bonds is 4. The van der Waals surface area contributed by atoms with Crippen LogP contribution in [-0.2, 0) is 0 Å². The number of piperidine rings is 1. The molecule has 0 aliphatic carbocycles. The first-order chi connectivity index (χ1) is 12.1. The Balaban J connectivity index is 1.77. The Hall–Kier alpha value is -2.63. The predicted molar refractivity (Wildman–Crippen MR) is 94.5 cm³/mol. The van der Waals surface area contributed by atoms with Gasteiger partial charge >= 0.3 is 0 Å². The van der Waals surface area contributed by atoms with Crippen molar-refractivity contribution in [1.29, 1.82) is 0 Å². The Morgan fingerprint density at radius 2 is 2.20 bits per heavy atom. The Morgan fingerprint density at radius 1 is 1.36 bits per heavy atom. The number of carbonyl (C=O) groups excluding carboxylic acids is 1. The minimum atomic E-state index is -0.448. The Bertz CT molecular complexity index is 739. The van der Waals surface area contributed by atoms with Gasteiger partial charge in [-0.05, 0) is 43.2 Å². The van der Waals surface area contributed by atoms with E-state index in [1.165, 1.54) is 25.3 Å². The van der Waals surface area contributed by atoms with Crippen LogP contribution in [0, 0.1) is 5.82 Å². The SMILES string of the molecule is COc1ccc(F)cc1C(=O)N(C)[C@@H]1CCCN(c2ccccn2)C1. The number of hydrogen-bond donors (Lipinski definition) is 0. The Morgan fingerprint density at radius 3 is 2.92 bits per heavy atom. The van der Waals surface area contributed by atoms with E-state index >= 15 is 0 Å². The third-order valence-electron chi connectivity index (χ3n) is 4.63. The quantitative estimate of drug-likeness (QED) is 0.856. The number of carbonyl (C=O) groups is 1. The predicted octanol–water partition coefficient (Wildman–Crippen LogP) is 2.97. The van der Waals surface area contributed by atoms with Crippen LogP contribution in [0.15, 0.2) is 42.6 Å². The van der Waals surface area contributed by atoms with Gasteiger partial charge in [0.05, 0.1) is 12.7 Å². The van der Waals surface area contributed by atoms with Crippen molar-refractivity contribution in [2.75, 3.05) is 32.1 Å². The van der Waals surface area contributed by atoms with Gasteiger partial charge in [0, 0.05) is 32.4 Å². The summed E-state index contributed by atoms with van der Waals surface area (Å²) in [5, 5.41) is 0. The standard InChI is InChI=1S/C19H22FN3O2/c1-22(19(24)16-12-14(20)8-9-17(16)25-2)15-6-5-11-23(13-15)18-7-3-4-10-21-18/h3-4,7-10,12,15H,5-6,11,13H2,1-2H3/t15-/m1/s1. The van der Waals surface area contributed by atoms with Crippen LogP contribution < -0.4 is 9.64 Å². The molecule has 1 saturated heterocycles. The molecule has 1 aliphatic heterocycles. The number of hydrogen-bond acceptors (Lipinski definition) is 4. The highest BCUT2D eigenvalue weighted by Crippen LogP contribution is 2.25. The molecule has 0 spiro atoms. The zero-order valence-electron chi connectivity index (χ0n) is 14.5. The van der Waals surface area contributed by atoms with E-state index < -0.39 is 5.82 Å². The van der Waals surface area contributed by atoms with Crippen molar-refractivity contribution in [3.05, 3.63) is 54.0 Å². The van der Waals surface area contributed by atoms with Crippen LogP contribution in [0.25, 0.3) is 0 Å². The molecule has 6 heteroatoms. The zero-order valence-corrected chi connectivity index (χ0v) is 14.5. The molecule has 2 heterocycles. The van der Waals surface area contributed by atoms with Crippen LogP contribution in [0.5, 0.6) is 5.75 Å². The fraction of sp³-hybridized carbons (Fsp3) is 0.368. The number of aromatic nitrogens is 1. The maximum absolute atomic E-state index is 13.6. The summed E-state index contributed by atoms with van der Waals surface area (Å²) < 4.78 is 18.8. The lowest BCUT2D eigenvalue weighted by Crippen LogP contribution is -2.49. The molecule has 3 rings (SSSR count). The van der Waals surface area contributed by atoms with Gasteiger partial charge in [-0.15, -0.1) is 0 Å². The first-order valence-electron chi connectivity index (χ1n) is 8.37. The van der Waals surface area contributed by atoms with E-state index in [-0.39, 0.29) is 17.5 Å². The molecule has 2 aromatic rings. The number of likely N-dealkylation sites (N-methyl/N-ethyl adjacent to an activating group) is 1. The smallest absolute Gasteiger partial charge is 0.257 e. The van der Waals surface area contributed by atoms with Crippen LogP contribution >= 0.6 is 0 Å². The minimum Gasteiger partial charge on any atom is -0.496 e. The number of anilines is 1. The van der Waals surface area contributed by atoms with Crippen molar-refractivity contribution in [2.45, 2.75) is 18.9 Å². The molecule has 1 amide bonds. The molecule has 0 unspecified atom stereocenters. The highest BCUT2D eigenvalue weighted by Gasteiger charge is 2.28. The Labute approximate surface area is 147 Å². The molecule has 1 aliphatic rings. The second-order valence-electron chi connectivity index (χ2n) is 6.19. The molecule has 5 nitrogen and oxygen atoms in total. The number of methoxy groups -OCH3 is 1. The van der Waals surface area contributed by atoms with Gasteiger partial charge in [-0.2, -0.15) is 0 Å². The van der Waals surface area contributed by atoms with Crippen molar-refractivity contribution < 1.29 is 13.9 Å². The molecule has 1 aromatic carbocycles. The van der Waals surface area contributed by atoms with Gasteiger partial charge in [0.1, 0.15) is 17.4 Å². The number of amides is 1. The summed E-state index contributed by atoms with van der Waals surface area (Å²) in [5.74, 6) is 0.618. The largest absolute Gasteiger partial charge is 0.496 e. The zero-order chi connectivity index (χ0) is 17.8. The lowest BCUT2D eigenvalue weighted by Gasteiger charge is -2.38. The summed E-state index contributed by atoms with van der Waals surface area (Å²) >= 11 is 0. The van der Waals surface area contributed by atoms with Gasteiger partial charge in [-0.3, -0.25) is 4.79 Å². The minimum absolute atomic E-state index is 0.0382. The topological polar surface area (TPSA) is 45.7 Å². The molecule has 1 aromatic heterocycles. The van der Waals surface area contributed by atoms with Gasteiger partial charge in [0.15, 0.2) is 0 Å². The summed E-state index contributed by atoms with van der Waals surface area (Å²) in [7, 11) is 3.24. The number of ether oxygens (including phenoxy) is 1. The lowest BCUT2D eigenvalue weighted by molar-refractivity contribution is 0.0713. The molecular formula is C19H22FN3O2. The number of halogens is 1. The maximum atomic E-state index is 13.6. The highest BCUT2D eigenvalue weighted by molar-refractivity contribution is 5.97. The van der Waals surface area contributed by atoms with Gasteiger partial charge in [-0.1, -0.05) is 6.07 Å². The molecular weight excluding hydrogens is 321 g/mol. The molecule has 0 bridgehead atoms. The van der Waals surface area contributed by atoms with E-state index in [4.69, 9.17) is 4.74 Å². The van der Waals surface area contributed by atoms with Crippen LogP contribution in [-0.4, -0.2) is 49.1 Å². The van der Waals surface area contributed by atoms with Gasteiger partial charge < -0.3 is 14.5 Å². The molecule has 0 N–H and O–H groups in total. The second kappa shape index (κ2) is 7.51. The molecule has 132 valence electrons. The monoisotopic (exact) mass is 343 g/mol. The summed E-state index contributed by atoms with van der Waals surface area (Å²) in [6, 6.07) is 9.86. The average Bonchev–Trinajstić information content (AvgIpc) is 2.67. The van der Waals surface area contributed by atoms with E-state index in [2.05, 4.69) is 9.88 Å². The fourth-order valence-electron chi connectivity index (χ4n) is 3.22. The number of nitrogens with zero attached hydrogens (tertiary/aromatic N) is 3. The van der Waals surface area contributed by atoms with Crippen LogP contribution in [0.2, 0.25) is 0 Å². The molecule has 0 radical (unpaired) electrons. The van der Waals surface area contributed by atoms with Crippen molar-refractivity contribution in [1.82, 2.24) is 9.88 Å². The molecule has 1 atom stereocenters. The van der Waals surface area contributed by atoms with Crippen LogP contribution in [0.1, 0.15) is 23.2 Å². The molecule has 0 saturated carbocycles. The third-order valence-corrected chi connectivity index (χ3v) is 4.63. The maximum Gasteiger partial charge on any atom is 0.257 e. The summed E-state index contributed by atoms with van der Waals surface area (Å²) in [6.45, 7) is 1.62. The normalized spacial score (nSPS) is 17.2. The summed E-state index contributed by atoms with van der Waals surface area (Å²) in [6.07, 6.45) is 3.65. The van der Waals surface area contributed by atoms with E-state index in [1.54, 1.807) is 18.1 Å². The van der Waals surface area contributed by atoms with Gasteiger partial charge in [0.25, 0.3) is 5.91 Å². The summed E-state index contributed by atoms with van der Waals surface area (Å²) in [5.41, 5.74) is 0.250. The first kappa shape index (κ1) is 17.2. The second-order valence-corrected chi connectivity index (χ2v) is 6.19. The molecule has 1 fully saturated rings. The van der Waals surface area contributed by atoms with Crippen molar-refractivity contribution in [2.24, 2.45) is 0 Å². The van der Waals surface area contributed by atoms with E-state index in [9.17, 15) is 9.18 Å². The highest BCUT2D eigenvalue weighted by atomic mass is 19.1. The summed E-state index contributed by atoms with van der Waals surface area (Å²) in [4.78, 5) is 21.1. The first-order valence-corrected chi connectivity index (χ1v) is 8.37.